The maximum absolute atomic E-state index is 12.4. The first-order chi connectivity index (χ1) is 12.6. The van der Waals surface area contributed by atoms with E-state index in [0.29, 0.717) is 0 Å². The number of esters is 1. The van der Waals surface area contributed by atoms with Crippen LogP contribution >= 0.6 is 0 Å². The summed E-state index contributed by atoms with van der Waals surface area (Å²) in [7, 11) is 0. The summed E-state index contributed by atoms with van der Waals surface area (Å²) >= 11 is 0. The summed E-state index contributed by atoms with van der Waals surface area (Å²) in [6.07, 6.45) is -1.26. The number of carbonyl (C=O) groups is 2. The first-order valence-corrected chi connectivity index (χ1v) is 8.49. The van der Waals surface area contributed by atoms with Crippen LogP contribution in [0.4, 0.5) is 4.79 Å². The summed E-state index contributed by atoms with van der Waals surface area (Å²) in [6.45, 7) is 0.288. The van der Waals surface area contributed by atoms with Crippen LogP contribution in [0.25, 0.3) is 0 Å². The van der Waals surface area contributed by atoms with Crippen molar-refractivity contribution in [3.8, 4) is 0 Å². The third-order valence-corrected chi connectivity index (χ3v) is 4.21. The van der Waals surface area contributed by atoms with Crippen LogP contribution in [-0.4, -0.2) is 40.8 Å². The first kappa shape index (κ1) is 17.9. The number of benzene rings is 2. The van der Waals surface area contributed by atoms with Gasteiger partial charge >= 0.3 is 12.1 Å². The van der Waals surface area contributed by atoms with Crippen molar-refractivity contribution in [3.05, 3.63) is 71.8 Å². The van der Waals surface area contributed by atoms with Gasteiger partial charge in [0.25, 0.3) is 0 Å². The van der Waals surface area contributed by atoms with Crippen LogP contribution in [0.3, 0.4) is 0 Å². The Morgan fingerprint density at radius 2 is 1.46 bits per heavy atom. The molecule has 2 aromatic rings. The summed E-state index contributed by atoms with van der Waals surface area (Å²) in [5.74, 6) is -0.540. The van der Waals surface area contributed by atoms with E-state index in [9.17, 15) is 14.7 Å². The third-order valence-electron chi connectivity index (χ3n) is 4.21. The number of rotatable bonds is 5. The molecule has 0 spiro atoms. The van der Waals surface area contributed by atoms with E-state index in [1.807, 2.05) is 60.7 Å². The Morgan fingerprint density at radius 1 is 0.923 bits per heavy atom. The highest BCUT2D eigenvalue weighted by atomic mass is 16.6. The molecule has 1 fully saturated rings. The average molecular weight is 355 g/mol. The number of ether oxygens (including phenoxy) is 2. The van der Waals surface area contributed by atoms with E-state index in [4.69, 9.17) is 9.47 Å². The van der Waals surface area contributed by atoms with E-state index in [2.05, 4.69) is 0 Å². The van der Waals surface area contributed by atoms with Crippen LogP contribution in [0.5, 0.6) is 0 Å². The maximum Gasteiger partial charge on any atom is 0.410 e. The number of aliphatic hydroxyl groups is 1. The number of nitrogens with zero attached hydrogens (tertiary/aromatic N) is 1. The molecule has 1 aliphatic rings. The lowest BCUT2D eigenvalue weighted by Gasteiger charge is -2.22. The molecular weight excluding hydrogens is 334 g/mol. The van der Waals surface area contributed by atoms with Gasteiger partial charge in [-0.3, -0.25) is 4.90 Å². The zero-order chi connectivity index (χ0) is 18.4. The van der Waals surface area contributed by atoms with Gasteiger partial charge < -0.3 is 14.6 Å². The number of β-amino-alcohol motifs (C(OH)–C–C–N with tert-alkyl or cyclic N) is 1. The highest BCUT2D eigenvalue weighted by Gasteiger charge is 2.40. The second-order valence-electron chi connectivity index (χ2n) is 6.19. The number of hydrogen-bond donors (Lipinski definition) is 1. The number of carbonyl (C=O) groups excluding carboxylic acids is 2. The fraction of sp³-hybridized carbons (Fsp3) is 0.300. The quantitative estimate of drug-likeness (QED) is 0.834. The van der Waals surface area contributed by atoms with Gasteiger partial charge in [-0.1, -0.05) is 60.7 Å². The van der Waals surface area contributed by atoms with Gasteiger partial charge in [0, 0.05) is 6.42 Å². The van der Waals surface area contributed by atoms with Crippen molar-refractivity contribution < 1.29 is 24.2 Å². The Balaban J connectivity index is 1.56. The van der Waals surface area contributed by atoms with Gasteiger partial charge in [0.1, 0.15) is 19.3 Å². The minimum Gasteiger partial charge on any atom is -0.459 e. The van der Waals surface area contributed by atoms with E-state index in [0.717, 1.165) is 11.1 Å². The number of likely N-dealkylation sites (tertiary alicyclic amines) is 1. The summed E-state index contributed by atoms with van der Waals surface area (Å²) in [5, 5.41) is 9.88. The lowest BCUT2D eigenvalue weighted by molar-refractivity contribution is -0.149. The molecule has 0 bridgehead atoms. The van der Waals surface area contributed by atoms with Crippen LogP contribution < -0.4 is 0 Å². The largest absolute Gasteiger partial charge is 0.459 e. The number of hydrogen-bond acceptors (Lipinski definition) is 5. The van der Waals surface area contributed by atoms with Crippen LogP contribution in [0, 0.1) is 0 Å². The van der Waals surface area contributed by atoms with Crippen molar-refractivity contribution in [1.82, 2.24) is 4.90 Å². The predicted octanol–water partition coefficient (Wildman–Crippen LogP) is 2.50. The molecule has 6 nitrogen and oxygen atoms in total. The Morgan fingerprint density at radius 3 is 2.04 bits per heavy atom. The molecule has 26 heavy (non-hydrogen) atoms. The zero-order valence-electron chi connectivity index (χ0n) is 14.3. The molecule has 6 heteroatoms. The number of aliphatic hydroxyl groups excluding tert-OH is 1. The molecule has 1 amide bonds. The summed E-state index contributed by atoms with van der Waals surface area (Å²) in [4.78, 5) is 25.9. The first-order valence-electron chi connectivity index (χ1n) is 8.49. The molecule has 2 atom stereocenters. The fourth-order valence-corrected chi connectivity index (χ4v) is 2.87. The second-order valence-corrected chi connectivity index (χ2v) is 6.19. The molecule has 1 heterocycles. The van der Waals surface area contributed by atoms with Gasteiger partial charge in [-0.25, -0.2) is 9.59 Å². The van der Waals surface area contributed by atoms with Crippen molar-refractivity contribution in [1.29, 1.82) is 0 Å². The molecule has 0 aliphatic carbocycles. The minimum absolute atomic E-state index is 0.0543. The Kier molecular flexibility index (Phi) is 5.86. The summed E-state index contributed by atoms with van der Waals surface area (Å²) < 4.78 is 10.6. The SMILES string of the molecule is O=C(OCc1ccccc1)[C@H]1C[C@H](O)CN1C(=O)OCc1ccccc1. The van der Waals surface area contributed by atoms with Crippen molar-refractivity contribution in [2.45, 2.75) is 31.8 Å². The van der Waals surface area contributed by atoms with Crippen molar-refractivity contribution in [2.75, 3.05) is 6.54 Å². The molecule has 1 aliphatic heterocycles. The normalized spacial score (nSPS) is 19.2. The Bertz CT molecular complexity index is 671. The van der Waals surface area contributed by atoms with Gasteiger partial charge in [0.15, 0.2) is 0 Å². The van der Waals surface area contributed by atoms with Crippen LogP contribution in [0.2, 0.25) is 0 Å². The Hall–Kier alpha value is -2.86. The summed E-state index contributed by atoms with van der Waals surface area (Å²) in [5.41, 5.74) is 1.71. The van der Waals surface area contributed by atoms with Crippen LogP contribution in [-0.2, 0) is 27.5 Å². The number of amides is 1. The summed E-state index contributed by atoms with van der Waals surface area (Å²) in [6, 6.07) is 17.7. The van der Waals surface area contributed by atoms with E-state index in [-0.39, 0.29) is 26.2 Å². The lowest BCUT2D eigenvalue weighted by atomic mass is 10.2. The van der Waals surface area contributed by atoms with Crippen LogP contribution in [0.1, 0.15) is 17.5 Å². The van der Waals surface area contributed by atoms with Gasteiger partial charge in [-0.15, -0.1) is 0 Å². The van der Waals surface area contributed by atoms with E-state index in [1.165, 1.54) is 4.90 Å². The van der Waals surface area contributed by atoms with Gasteiger partial charge in [0.05, 0.1) is 12.6 Å². The molecule has 1 N–H and O–H groups in total. The van der Waals surface area contributed by atoms with E-state index >= 15 is 0 Å². The zero-order valence-corrected chi connectivity index (χ0v) is 14.3. The second kappa shape index (κ2) is 8.49. The molecule has 136 valence electrons. The molecule has 0 unspecified atom stereocenters. The van der Waals surface area contributed by atoms with Crippen molar-refractivity contribution >= 4 is 12.1 Å². The smallest absolute Gasteiger partial charge is 0.410 e. The molecule has 0 saturated carbocycles. The Labute approximate surface area is 152 Å². The highest BCUT2D eigenvalue weighted by molar-refractivity contribution is 5.82. The molecule has 0 radical (unpaired) electrons. The standard InChI is InChI=1S/C20H21NO5/c22-17-11-18(19(23)25-13-15-7-3-1-4-8-15)21(12-17)20(24)26-14-16-9-5-2-6-10-16/h1-10,17-18,22H,11-14H2/t17-,18+/m0/s1. The molecular formula is C20H21NO5. The molecule has 3 rings (SSSR count). The van der Waals surface area contributed by atoms with Crippen molar-refractivity contribution in [3.63, 3.8) is 0 Å². The van der Waals surface area contributed by atoms with Gasteiger partial charge in [-0.05, 0) is 11.1 Å². The average Bonchev–Trinajstić information content (AvgIpc) is 3.08. The van der Waals surface area contributed by atoms with Crippen LogP contribution in [0.15, 0.2) is 60.7 Å². The molecule has 0 aromatic heterocycles. The fourth-order valence-electron chi connectivity index (χ4n) is 2.87. The molecule has 1 saturated heterocycles. The topological polar surface area (TPSA) is 76.1 Å². The maximum atomic E-state index is 12.4. The third kappa shape index (κ3) is 4.61. The monoisotopic (exact) mass is 355 g/mol. The van der Waals surface area contributed by atoms with E-state index < -0.39 is 24.2 Å². The predicted molar refractivity (Wildman–Crippen MR) is 94.0 cm³/mol. The minimum atomic E-state index is -0.836. The lowest BCUT2D eigenvalue weighted by Crippen LogP contribution is -2.41. The highest BCUT2D eigenvalue weighted by Crippen LogP contribution is 2.21. The van der Waals surface area contributed by atoms with E-state index in [1.54, 1.807) is 0 Å². The van der Waals surface area contributed by atoms with Crippen molar-refractivity contribution in [2.24, 2.45) is 0 Å². The molecule has 2 aromatic carbocycles. The van der Waals surface area contributed by atoms with Gasteiger partial charge in [-0.2, -0.15) is 0 Å². The van der Waals surface area contributed by atoms with Gasteiger partial charge in [0.2, 0.25) is 0 Å².